The lowest BCUT2D eigenvalue weighted by molar-refractivity contribution is 0.0947. The molecule has 0 saturated carbocycles. The molecule has 0 aliphatic carbocycles. The number of aromatic amines is 1. The van der Waals surface area contributed by atoms with E-state index in [1.54, 1.807) is 0 Å². The molecule has 6 nitrogen and oxygen atoms in total. The van der Waals surface area contributed by atoms with E-state index in [0.717, 1.165) is 41.9 Å². The van der Waals surface area contributed by atoms with Crippen molar-refractivity contribution >= 4 is 16.9 Å². The third-order valence-electron chi connectivity index (χ3n) is 4.18. The number of carbonyl (C=O) groups is 1. The number of para-hydroxylation sites is 2. The van der Waals surface area contributed by atoms with Crippen LogP contribution in [0.3, 0.4) is 0 Å². The molecule has 132 valence electrons. The Kier molecular flexibility index (Phi) is 5.16. The van der Waals surface area contributed by atoms with E-state index in [1.165, 1.54) is 0 Å². The number of benzene rings is 1. The number of hydrogen-bond donors (Lipinski definition) is 2. The van der Waals surface area contributed by atoms with Crippen LogP contribution in [0.5, 0.6) is 0 Å². The van der Waals surface area contributed by atoms with Gasteiger partial charge >= 0.3 is 0 Å². The molecule has 0 fully saturated rings. The Morgan fingerprint density at radius 1 is 1.32 bits per heavy atom. The summed E-state index contributed by atoms with van der Waals surface area (Å²) in [7, 11) is 0. The molecule has 0 aliphatic heterocycles. The molecule has 2 heterocycles. The van der Waals surface area contributed by atoms with Crippen LogP contribution in [0.25, 0.3) is 11.0 Å². The van der Waals surface area contributed by atoms with Crippen LogP contribution in [0, 0.1) is 12.8 Å². The first-order valence-electron chi connectivity index (χ1n) is 8.79. The predicted octanol–water partition coefficient (Wildman–Crippen LogP) is 3.09. The van der Waals surface area contributed by atoms with Crippen molar-refractivity contribution in [1.82, 2.24) is 25.1 Å². The van der Waals surface area contributed by atoms with E-state index >= 15 is 0 Å². The van der Waals surface area contributed by atoms with Gasteiger partial charge < -0.3 is 9.88 Å². The van der Waals surface area contributed by atoms with Crippen LogP contribution in [-0.2, 0) is 13.0 Å². The van der Waals surface area contributed by atoms with Crippen molar-refractivity contribution < 1.29 is 4.79 Å². The van der Waals surface area contributed by atoms with Crippen LogP contribution in [-0.4, -0.2) is 32.2 Å². The number of carbonyl (C=O) groups excluding carboxylic acids is 1. The summed E-state index contributed by atoms with van der Waals surface area (Å²) in [6, 6.07) is 9.95. The van der Waals surface area contributed by atoms with Crippen LogP contribution in [0.2, 0.25) is 0 Å². The molecule has 2 aromatic heterocycles. The van der Waals surface area contributed by atoms with Gasteiger partial charge in [-0.3, -0.25) is 9.89 Å². The number of nitrogens with one attached hydrogen (secondary N) is 2. The van der Waals surface area contributed by atoms with Gasteiger partial charge in [0.05, 0.1) is 11.0 Å². The maximum atomic E-state index is 12.2. The van der Waals surface area contributed by atoms with E-state index in [-0.39, 0.29) is 5.91 Å². The Morgan fingerprint density at radius 2 is 2.12 bits per heavy atom. The molecule has 0 radical (unpaired) electrons. The predicted molar refractivity (Wildman–Crippen MR) is 98.5 cm³/mol. The van der Waals surface area contributed by atoms with Gasteiger partial charge in [0.2, 0.25) is 0 Å². The molecular weight excluding hydrogens is 314 g/mol. The Bertz CT molecular complexity index is 862. The van der Waals surface area contributed by atoms with Crippen LogP contribution in [0.4, 0.5) is 0 Å². The number of hydrogen-bond acceptors (Lipinski definition) is 3. The molecule has 3 aromatic rings. The van der Waals surface area contributed by atoms with Gasteiger partial charge in [0.15, 0.2) is 0 Å². The highest BCUT2D eigenvalue weighted by Crippen LogP contribution is 2.15. The molecule has 0 bridgehead atoms. The summed E-state index contributed by atoms with van der Waals surface area (Å²) >= 11 is 0. The monoisotopic (exact) mass is 339 g/mol. The maximum Gasteiger partial charge on any atom is 0.271 e. The van der Waals surface area contributed by atoms with Gasteiger partial charge in [-0.15, -0.1) is 0 Å². The van der Waals surface area contributed by atoms with Crippen LogP contribution in [0.1, 0.15) is 42.3 Å². The second-order valence-electron chi connectivity index (χ2n) is 6.79. The van der Waals surface area contributed by atoms with Crippen molar-refractivity contribution in [2.45, 2.75) is 40.2 Å². The van der Waals surface area contributed by atoms with Gasteiger partial charge in [0, 0.05) is 18.8 Å². The highest BCUT2D eigenvalue weighted by molar-refractivity contribution is 5.92. The summed E-state index contributed by atoms with van der Waals surface area (Å²) in [4.78, 5) is 16.7. The number of aryl methyl sites for hydroxylation is 2. The Labute approximate surface area is 147 Å². The van der Waals surface area contributed by atoms with Gasteiger partial charge in [-0.05, 0) is 43.9 Å². The number of amides is 1. The molecule has 6 heteroatoms. The fraction of sp³-hybridized carbons (Fsp3) is 0.421. The maximum absolute atomic E-state index is 12.2. The van der Waals surface area contributed by atoms with E-state index in [1.807, 2.05) is 31.2 Å². The Morgan fingerprint density at radius 3 is 2.92 bits per heavy atom. The van der Waals surface area contributed by atoms with E-state index in [2.05, 4.69) is 45.0 Å². The lowest BCUT2D eigenvalue weighted by atomic mass is 10.1. The van der Waals surface area contributed by atoms with Crippen molar-refractivity contribution in [3.05, 3.63) is 47.5 Å². The SMILES string of the molecule is Cc1nc2ccccc2n1CCCNC(=O)c1cc(CC(C)C)[nH]n1. The molecule has 0 aliphatic rings. The van der Waals surface area contributed by atoms with Crippen LogP contribution >= 0.6 is 0 Å². The van der Waals surface area contributed by atoms with Crippen molar-refractivity contribution in [3.63, 3.8) is 0 Å². The lowest BCUT2D eigenvalue weighted by Crippen LogP contribution is -2.25. The van der Waals surface area contributed by atoms with Gasteiger partial charge in [-0.25, -0.2) is 4.98 Å². The standard InChI is InChI=1S/C19H25N5O/c1-13(2)11-15-12-17(23-22-15)19(25)20-9-6-10-24-14(3)21-16-7-4-5-8-18(16)24/h4-5,7-8,12-13H,6,9-11H2,1-3H3,(H,20,25)(H,22,23). The summed E-state index contributed by atoms with van der Waals surface area (Å²) in [5, 5.41) is 9.98. The zero-order chi connectivity index (χ0) is 17.8. The van der Waals surface area contributed by atoms with E-state index in [9.17, 15) is 4.79 Å². The van der Waals surface area contributed by atoms with Gasteiger partial charge in [-0.1, -0.05) is 26.0 Å². The summed E-state index contributed by atoms with van der Waals surface area (Å²) in [5.74, 6) is 1.40. The lowest BCUT2D eigenvalue weighted by Gasteiger charge is -2.07. The Hall–Kier alpha value is -2.63. The molecular formula is C19H25N5O. The van der Waals surface area contributed by atoms with Crippen LogP contribution < -0.4 is 5.32 Å². The number of aromatic nitrogens is 4. The molecule has 0 atom stereocenters. The zero-order valence-electron chi connectivity index (χ0n) is 15.0. The van der Waals surface area contributed by atoms with Crippen LogP contribution in [0.15, 0.2) is 30.3 Å². The average molecular weight is 339 g/mol. The molecule has 1 amide bonds. The van der Waals surface area contributed by atoms with Gasteiger partial charge in [0.1, 0.15) is 11.5 Å². The minimum Gasteiger partial charge on any atom is -0.351 e. The highest BCUT2D eigenvalue weighted by atomic mass is 16.1. The van der Waals surface area contributed by atoms with E-state index < -0.39 is 0 Å². The Balaban J connectivity index is 1.52. The van der Waals surface area contributed by atoms with Gasteiger partial charge in [0.25, 0.3) is 5.91 Å². The number of H-pyrrole nitrogens is 1. The molecule has 1 aromatic carbocycles. The summed E-state index contributed by atoms with van der Waals surface area (Å²) < 4.78 is 2.19. The molecule has 0 spiro atoms. The quantitative estimate of drug-likeness (QED) is 0.650. The number of nitrogens with zero attached hydrogens (tertiary/aromatic N) is 3. The first-order valence-corrected chi connectivity index (χ1v) is 8.79. The second kappa shape index (κ2) is 7.51. The van der Waals surface area contributed by atoms with Crippen molar-refractivity contribution in [2.75, 3.05) is 6.54 Å². The average Bonchev–Trinajstić information content (AvgIpc) is 3.15. The molecule has 3 rings (SSSR count). The molecule has 0 saturated heterocycles. The normalized spacial score (nSPS) is 11.4. The van der Waals surface area contributed by atoms with E-state index in [0.29, 0.717) is 18.2 Å². The summed E-state index contributed by atoms with van der Waals surface area (Å²) in [6.45, 7) is 7.73. The minimum atomic E-state index is -0.126. The largest absolute Gasteiger partial charge is 0.351 e. The summed E-state index contributed by atoms with van der Waals surface area (Å²) in [5.41, 5.74) is 3.61. The molecule has 25 heavy (non-hydrogen) atoms. The zero-order valence-corrected chi connectivity index (χ0v) is 15.0. The first-order chi connectivity index (χ1) is 12.0. The topological polar surface area (TPSA) is 75.6 Å². The third kappa shape index (κ3) is 4.07. The number of rotatable bonds is 7. The molecule has 2 N–H and O–H groups in total. The number of imidazole rings is 1. The van der Waals surface area contributed by atoms with E-state index in [4.69, 9.17) is 0 Å². The number of fused-ring (bicyclic) bond motifs is 1. The fourth-order valence-corrected chi connectivity index (χ4v) is 3.03. The van der Waals surface area contributed by atoms with Crippen molar-refractivity contribution in [3.8, 4) is 0 Å². The molecule has 0 unspecified atom stereocenters. The second-order valence-corrected chi connectivity index (χ2v) is 6.79. The first kappa shape index (κ1) is 17.2. The van der Waals surface area contributed by atoms with Crippen molar-refractivity contribution in [2.24, 2.45) is 5.92 Å². The van der Waals surface area contributed by atoms with Gasteiger partial charge in [-0.2, -0.15) is 5.10 Å². The highest BCUT2D eigenvalue weighted by Gasteiger charge is 2.11. The third-order valence-corrected chi connectivity index (χ3v) is 4.18. The fourth-order valence-electron chi connectivity index (χ4n) is 3.03. The smallest absolute Gasteiger partial charge is 0.271 e. The minimum absolute atomic E-state index is 0.126. The summed E-state index contributed by atoms with van der Waals surface area (Å²) in [6.07, 6.45) is 1.74. The van der Waals surface area contributed by atoms with Crippen molar-refractivity contribution in [1.29, 1.82) is 0 Å².